The van der Waals surface area contributed by atoms with Crippen LogP contribution in [0.1, 0.15) is 41.3 Å². The molecule has 3 aliphatic carbocycles. The average molecular weight is 597 g/mol. The number of halogens is 3. The second-order valence-corrected chi connectivity index (χ2v) is 11.5. The minimum atomic E-state index is -4.54. The van der Waals surface area contributed by atoms with E-state index < -0.39 is 82.6 Å². The van der Waals surface area contributed by atoms with E-state index in [9.17, 15) is 48.0 Å². The third-order valence-electron chi connectivity index (χ3n) is 8.60. The van der Waals surface area contributed by atoms with E-state index in [0.717, 1.165) is 0 Å². The molecule has 14 heteroatoms. The van der Waals surface area contributed by atoms with E-state index in [1.807, 2.05) is 0 Å². The van der Waals surface area contributed by atoms with Gasteiger partial charge in [0.2, 0.25) is 5.78 Å². The number of allylic oxidation sites excluding steroid dienone is 1. The van der Waals surface area contributed by atoms with E-state index >= 15 is 0 Å². The molecule has 11 nitrogen and oxygen atoms in total. The number of nitrogens with two attached hydrogens (primary N) is 1. The van der Waals surface area contributed by atoms with Crippen molar-refractivity contribution in [2.45, 2.75) is 56.6 Å². The summed E-state index contributed by atoms with van der Waals surface area (Å²) in [6.45, 7) is 0.926. The molecule has 0 heterocycles. The quantitative estimate of drug-likeness (QED) is 0.254. The number of hydrogen-bond donors (Lipinski definition) is 6. The molecule has 1 aromatic carbocycles. The monoisotopic (exact) mass is 596 g/mol. The fraction of sp³-hybridized carbons (Fsp3) is 0.536. The van der Waals surface area contributed by atoms with Crippen LogP contribution in [0.15, 0.2) is 28.7 Å². The van der Waals surface area contributed by atoms with E-state index in [-0.39, 0.29) is 36.0 Å². The van der Waals surface area contributed by atoms with Crippen LogP contribution in [0.5, 0.6) is 5.75 Å². The lowest BCUT2D eigenvalue weighted by Gasteiger charge is -2.50. The molecule has 0 saturated carbocycles. The number of rotatable bonds is 7. The zero-order valence-electron chi connectivity index (χ0n) is 23.8. The number of amides is 1. The van der Waals surface area contributed by atoms with Gasteiger partial charge >= 0.3 is 6.18 Å². The van der Waals surface area contributed by atoms with E-state index in [2.05, 4.69) is 5.32 Å². The second-order valence-electron chi connectivity index (χ2n) is 11.5. The number of anilines is 1. The fourth-order valence-electron chi connectivity index (χ4n) is 6.61. The van der Waals surface area contributed by atoms with Crippen molar-refractivity contribution in [2.24, 2.45) is 17.6 Å². The number of alkyl halides is 3. The number of carbonyl (C=O) groups is 3. The number of aromatic hydroxyl groups is 1. The van der Waals surface area contributed by atoms with Crippen LogP contribution in [-0.2, 0) is 22.6 Å². The van der Waals surface area contributed by atoms with Crippen LogP contribution in [0.2, 0.25) is 0 Å². The van der Waals surface area contributed by atoms with Crippen LogP contribution < -0.4 is 16.0 Å². The topological polar surface area (TPSA) is 177 Å². The summed E-state index contributed by atoms with van der Waals surface area (Å²) in [5.74, 6) is -7.81. The Balaban J connectivity index is 1.89. The van der Waals surface area contributed by atoms with Crippen molar-refractivity contribution < 1.29 is 48.0 Å². The molecule has 1 unspecified atom stereocenters. The van der Waals surface area contributed by atoms with Gasteiger partial charge in [0.15, 0.2) is 11.4 Å². The molecule has 4 rings (SSSR count). The molecule has 42 heavy (non-hydrogen) atoms. The van der Waals surface area contributed by atoms with Crippen molar-refractivity contribution >= 4 is 23.2 Å². The normalized spacial score (nSPS) is 26.7. The summed E-state index contributed by atoms with van der Waals surface area (Å²) in [5.41, 5.74) is 1.87. The number of aliphatic hydroxyl groups excluding tert-OH is 2. The molecule has 0 aromatic heterocycles. The molecule has 1 aromatic rings. The van der Waals surface area contributed by atoms with Crippen molar-refractivity contribution in [2.75, 3.05) is 33.1 Å². The highest BCUT2D eigenvalue weighted by Crippen LogP contribution is 2.53. The van der Waals surface area contributed by atoms with Crippen molar-refractivity contribution in [3.05, 3.63) is 45.4 Å². The lowest BCUT2D eigenvalue weighted by molar-refractivity contribution is -0.156. The highest BCUT2D eigenvalue weighted by molar-refractivity contribution is 6.24. The van der Waals surface area contributed by atoms with Crippen LogP contribution in [0.3, 0.4) is 0 Å². The Morgan fingerprint density at radius 3 is 2.31 bits per heavy atom. The summed E-state index contributed by atoms with van der Waals surface area (Å²) in [4.78, 5) is 42.6. The molecule has 0 spiro atoms. The van der Waals surface area contributed by atoms with Gasteiger partial charge in [-0.3, -0.25) is 19.3 Å². The molecular weight excluding hydrogens is 561 g/mol. The highest BCUT2D eigenvalue weighted by Gasteiger charge is 2.63. The van der Waals surface area contributed by atoms with Gasteiger partial charge in [0.25, 0.3) is 5.91 Å². The van der Waals surface area contributed by atoms with Gasteiger partial charge in [-0.25, -0.2) is 0 Å². The molecule has 5 atom stereocenters. The summed E-state index contributed by atoms with van der Waals surface area (Å²) >= 11 is 0. The Bertz CT molecular complexity index is 1420. The predicted octanol–water partition coefficient (Wildman–Crippen LogP) is 1.62. The van der Waals surface area contributed by atoms with Gasteiger partial charge in [-0.05, 0) is 50.9 Å². The predicted molar refractivity (Wildman–Crippen MR) is 145 cm³/mol. The van der Waals surface area contributed by atoms with Gasteiger partial charge < -0.3 is 36.4 Å². The van der Waals surface area contributed by atoms with Gasteiger partial charge in [-0.15, -0.1) is 0 Å². The molecule has 0 bridgehead atoms. The number of phenols is 1. The molecule has 0 fully saturated rings. The number of ketones is 2. The average Bonchev–Trinajstić information content (AvgIpc) is 2.86. The number of fused-ring (bicyclic) bond motifs is 3. The maximum atomic E-state index is 14.0. The van der Waals surface area contributed by atoms with Crippen LogP contribution in [-0.4, -0.2) is 94.9 Å². The van der Waals surface area contributed by atoms with Crippen LogP contribution >= 0.6 is 0 Å². The number of nitrogens with one attached hydrogen (secondary N) is 1. The van der Waals surface area contributed by atoms with Gasteiger partial charge in [0, 0.05) is 43.4 Å². The van der Waals surface area contributed by atoms with Crippen molar-refractivity contribution in [1.82, 2.24) is 10.2 Å². The number of Topliss-reactive ketones (excluding diaryl/α,β-unsaturated/α-hetero) is 2. The molecule has 7 N–H and O–H groups in total. The van der Waals surface area contributed by atoms with Crippen LogP contribution in [0.25, 0.3) is 0 Å². The molecule has 0 aliphatic heterocycles. The maximum Gasteiger partial charge on any atom is 0.403 e. The Labute approximate surface area is 240 Å². The summed E-state index contributed by atoms with van der Waals surface area (Å²) < 4.78 is 40.1. The zero-order chi connectivity index (χ0) is 31.6. The highest BCUT2D eigenvalue weighted by atomic mass is 19.4. The first-order valence-corrected chi connectivity index (χ1v) is 13.4. The number of hydrogen-bond acceptors (Lipinski definition) is 10. The minimum Gasteiger partial charge on any atom is -0.510 e. The van der Waals surface area contributed by atoms with E-state index in [1.54, 1.807) is 19.0 Å². The lowest BCUT2D eigenvalue weighted by atomic mass is 9.58. The Kier molecular flexibility index (Phi) is 7.89. The van der Waals surface area contributed by atoms with Crippen molar-refractivity contribution in [3.8, 4) is 5.75 Å². The van der Waals surface area contributed by atoms with E-state index in [4.69, 9.17) is 5.73 Å². The number of aliphatic hydroxyl groups is 3. The maximum absolute atomic E-state index is 14.0. The molecule has 0 saturated heterocycles. The van der Waals surface area contributed by atoms with Crippen molar-refractivity contribution in [1.29, 1.82) is 0 Å². The first-order valence-electron chi connectivity index (χ1n) is 13.4. The van der Waals surface area contributed by atoms with Gasteiger partial charge in [0.1, 0.15) is 28.9 Å². The number of benzene rings is 1. The Hall–Kier alpha value is -3.62. The molecule has 3 aliphatic rings. The number of nitrogens with zero attached hydrogens (tertiary/aromatic N) is 2. The third kappa shape index (κ3) is 4.61. The third-order valence-corrected chi connectivity index (χ3v) is 8.60. The van der Waals surface area contributed by atoms with Gasteiger partial charge in [0.05, 0.1) is 11.6 Å². The Morgan fingerprint density at radius 2 is 1.81 bits per heavy atom. The van der Waals surface area contributed by atoms with Crippen molar-refractivity contribution in [3.63, 3.8) is 0 Å². The second kappa shape index (κ2) is 10.6. The van der Waals surface area contributed by atoms with E-state index in [1.165, 1.54) is 32.0 Å². The number of likely N-dealkylation sites (N-methyl/N-ethyl adjacent to an activating group) is 1. The molecule has 0 radical (unpaired) electrons. The summed E-state index contributed by atoms with van der Waals surface area (Å²) in [5, 5.41) is 47.6. The first kappa shape index (κ1) is 31.3. The lowest BCUT2D eigenvalue weighted by Crippen LogP contribution is -2.63. The fourth-order valence-corrected chi connectivity index (χ4v) is 6.61. The minimum absolute atomic E-state index is 0.00437. The van der Waals surface area contributed by atoms with Crippen LogP contribution in [0, 0.1) is 11.8 Å². The molecule has 1 amide bonds. The summed E-state index contributed by atoms with van der Waals surface area (Å²) in [7, 11) is 6.40. The largest absolute Gasteiger partial charge is 0.510 e. The summed E-state index contributed by atoms with van der Waals surface area (Å²) in [6.07, 6.45) is -4.83. The number of primary amides is 1. The first-order chi connectivity index (χ1) is 19.4. The van der Waals surface area contributed by atoms with Crippen LogP contribution in [0.4, 0.5) is 18.9 Å². The zero-order valence-corrected chi connectivity index (χ0v) is 23.8. The number of carbonyl (C=O) groups excluding carboxylic acids is 3. The Morgan fingerprint density at radius 1 is 1.19 bits per heavy atom. The van der Waals surface area contributed by atoms with E-state index in [0.29, 0.717) is 11.3 Å². The van der Waals surface area contributed by atoms with Gasteiger partial charge in [-0.2, -0.15) is 13.2 Å². The number of phenolic OH excluding ortho intramolecular Hbond substituents is 1. The SMILES string of the molecule is CCC(NCc1cc(N(C)C)c2c(c1O)C(=O)C1=C(O)[C@]3(O)C(=O)C(C(N)=O)=C(O)[C@@H](N(C)C)[C@@H]3C[C@@H]1C2)C(F)(F)F. The standard InChI is InChI=1S/C28H35F3N4O7/c1-6-16(28(29,30)31)33-10-12-9-15(34(2)3)13-7-11-8-14-20(35(4)5)23(38)19(26(32)41)25(40)27(14,42)24(39)17(11)22(37)18(13)21(12)36/h9,11,14,16,20,33,36,38-39,42H,6-8,10H2,1-5H3,(H2,32,41)/t11-,14-,16?,20-,27-/m0/s1. The molecule has 230 valence electrons. The molecular formula is C28H35F3N4O7. The van der Waals surface area contributed by atoms with Gasteiger partial charge in [-0.1, -0.05) is 6.92 Å². The smallest absolute Gasteiger partial charge is 0.403 e. The summed E-state index contributed by atoms with van der Waals surface area (Å²) in [6, 6.07) is -1.49.